The summed E-state index contributed by atoms with van der Waals surface area (Å²) in [4.78, 5) is 0. The summed E-state index contributed by atoms with van der Waals surface area (Å²) in [5, 5.41) is 2.86. The number of hydrogen-bond donors (Lipinski definition) is 1. The average molecular weight is 298 g/mol. The fourth-order valence-corrected chi connectivity index (χ4v) is 2.12. The van der Waals surface area contributed by atoms with E-state index in [-0.39, 0.29) is 12.1 Å². The number of benzene rings is 1. The van der Waals surface area contributed by atoms with Gasteiger partial charge >= 0.3 is 12.3 Å². The van der Waals surface area contributed by atoms with E-state index in [0.29, 0.717) is 16.1 Å². The molecule has 1 aromatic carbocycles. The zero-order valence-electron chi connectivity index (χ0n) is 10.9. The van der Waals surface area contributed by atoms with Gasteiger partial charge in [0.1, 0.15) is 6.04 Å². The van der Waals surface area contributed by atoms with E-state index in [0.717, 1.165) is 0 Å². The summed E-state index contributed by atoms with van der Waals surface area (Å²) in [6, 6.07) is 1.22. The molecule has 19 heavy (non-hydrogen) atoms. The molecule has 0 heterocycles. The molecule has 0 radical (unpaired) electrons. The molecule has 108 valence electrons. The molecule has 0 aliphatic heterocycles. The molecule has 0 spiro atoms. The number of rotatable bonds is 5. The van der Waals surface area contributed by atoms with E-state index in [2.05, 4.69) is 5.32 Å². The molecule has 0 saturated carbocycles. The van der Waals surface area contributed by atoms with Crippen LogP contribution in [0.1, 0.15) is 29.7 Å². The highest BCUT2D eigenvalue weighted by Crippen LogP contribution is 2.38. The summed E-state index contributed by atoms with van der Waals surface area (Å²) in [6.45, 7) is 4.97. The van der Waals surface area contributed by atoms with Crippen molar-refractivity contribution in [3.8, 4) is 0 Å². The van der Waals surface area contributed by atoms with Gasteiger partial charge in [-0.15, -0.1) is 0 Å². The number of nitrogens with one attached hydrogen (secondary N) is 1. The second-order valence-electron chi connectivity index (χ2n) is 4.42. The third-order valence-electron chi connectivity index (χ3n) is 2.94. The molecular weight excluding hydrogens is 282 g/mol. The highest BCUT2D eigenvalue weighted by atomic mass is 35.5. The Morgan fingerprint density at radius 1 is 1.21 bits per heavy atom. The van der Waals surface area contributed by atoms with Crippen LogP contribution in [0.2, 0.25) is 5.02 Å². The normalized spacial score (nSPS) is 13.9. The van der Waals surface area contributed by atoms with Gasteiger partial charge in [0, 0.05) is 5.02 Å². The second-order valence-corrected chi connectivity index (χ2v) is 4.83. The van der Waals surface area contributed by atoms with Crippen LogP contribution in [0.4, 0.5) is 17.6 Å². The average Bonchev–Trinajstić information content (AvgIpc) is 2.31. The zero-order chi connectivity index (χ0) is 14.8. The van der Waals surface area contributed by atoms with Crippen LogP contribution in [-0.4, -0.2) is 18.9 Å². The standard InChI is InChI=1S/C13H16ClF4N/c1-4-19-11(13(17,18)12(15)16)9-5-8(3)10(14)6-7(9)2/h5-6,11-12,19H,4H2,1-3H3. The molecule has 1 rings (SSSR count). The Hall–Kier alpha value is -0.810. The van der Waals surface area contributed by atoms with Crippen molar-refractivity contribution >= 4 is 11.6 Å². The number of hydrogen-bond acceptors (Lipinski definition) is 1. The molecule has 0 saturated heterocycles. The predicted molar refractivity (Wildman–Crippen MR) is 68.3 cm³/mol. The maximum Gasteiger partial charge on any atom is 0.326 e. The van der Waals surface area contributed by atoms with Crippen LogP contribution in [0.25, 0.3) is 0 Å². The van der Waals surface area contributed by atoms with E-state index in [4.69, 9.17) is 11.6 Å². The van der Waals surface area contributed by atoms with Gasteiger partial charge in [-0.05, 0) is 43.1 Å². The Kier molecular flexibility index (Phi) is 5.21. The molecule has 0 aliphatic rings. The minimum absolute atomic E-state index is 0.147. The first-order chi connectivity index (χ1) is 8.71. The molecular formula is C13H16ClF4N. The van der Waals surface area contributed by atoms with Crippen molar-refractivity contribution in [3.05, 3.63) is 33.8 Å². The van der Waals surface area contributed by atoms with Crippen LogP contribution in [0.5, 0.6) is 0 Å². The van der Waals surface area contributed by atoms with Gasteiger partial charge in [-0.2, -0.15) is 8.78 Å². The molecule has 0 aliphatic carbocycles. The summed E-state index contributed by atoms with van der Waals surface area (Å²) in [6.07, 6.45) is -3.73. The van der Waals surface area contributed by atoms with Crippen molar-refractivity contribution in [2.45, 2.75) is 39.2 Å². The van der Waals surface area contributed by atoms with Gasteiger partial charge in [-0.25, -0.2) is 8.78 Å². The monoisotopic (exact) mass is 297 g/mol. The van der Waals surface area contributed by atoms with Crippen molar-refractivity contribution in [2.24, 2.45) is 0 Å². The smallest absolute Gasteiger partial charge is 0.305 e. The van der Waals surface area contributed by atoms with E-state index in [1.807, 2.05) is 0 Å². The lowest BCUT2D eigenvalue weighted by molar-refractivity contribution is -0.151. The molecule has 1 aromatic rings. The van der Waals surface area contributed by atoms with Crippen LogP contribution in [0.3, 0.4) is 0 Å². The van der Waals surface area contributed by atoms with E-state index < -0.39 is 18.4 Å². The quantitative estimate of drug-likeness (QED) is 0.789. The van der Waals surface area contributed by atoms with Crippen LogP contribution in [0.15, 0.2) is 12.1 Å². The first kappa shape index (κ1) is 16.2. The van der Waals surface area contributed by atoms with Crippen molar-refractivity contribution in [2.75, 3.05) is 6.54 Å². The van der Waals surface area contributed by atoms with Crippen LogP contribution < -0.4 is 5.32 Å². The highest BCUT2D eigenvalue weighted by molar-refractivity contribution is 6.31. The van der Waals surface area contributed by atoms with Gasteiger partial charge in [0.25, 0.3) is 0 Å². The van der Waals surface area contributed by atoms with Gasteiger partial charge in [0.2, 0.25) is 0 Å². The Labute approximate surface area is 115 Å². The topological polar surface area (TPSA) is 12.0 Å². The SMILES string of the molecule is CCNC(c1cc(C)c(Cl)cc1C)C(F)(F)C(F)F. The Morgan fingerprint density at radius 2 is 1.79 bits per heavy atom. The first-order valence-electron chi connectivity index (χ1n) is 5.87. The molecule has 1 N–H and O–H groups in total. The fraction of sp³-hybridized carbons (Fsp3) is 0.538. The lowest BCUT2D eigenvalue weighted by Gasteiger charge is -2.28. The van der Waals surface area contributed by atoms with Gasteiger partial charge in [0.15, 0.2) is 0 Å². The van der Waals surface area contributed by atoms with Crippen molar-refractivity contribution in [3.63, 3.8) is 0 Å². The molecule has 1 atom stereocenters. The lowest BCUT2D eigenvalue weighted by atomic mass is 9.94. The summed E-state index contributed by atoms with van der Waals surface area (Å²) in [5.74, 6) is -4.14. The molecule has 0 amide bonds. The Balaban J connectivity index is 3.31. The van der Waals surface area contributed by atoms with E-state index in [9.17, 15) is 17.6 Å². The second kappa shape index (κ2) is 6.09. The van der Waals surface area contributed by atoms with E-state index in [1.165, 1.54) is 12.1 Å². The third kappa shape index (κ3) is 3.39. The summed E-state index contributed by atoms with van der Waals surface area (Å²) >= 11 is 5.89. The Morgan fingerprint density at radius 3 is 2.26 bits per heavy atom. The van der Waals surface area contributed by atoms with Gasteiger partial charge in [-0.3, -0.25) is 0 Å². The number of alkyl halides is 4. The number of aryl methyl sites for hydroxylation is 2. The van der Waals surface area contributed by atoms with Gasteiger partial charge < -0.3 is 5.32 Å². The molecule has 6 heteroatoms. The van der Waals surface area contributed by atoms with Crippen molar-refractivity contribution < 1.29 is 17.6 Å². The van der Waals surface area contributed by atoms with Crippen molar-refractivity contribution in [1.29, 1.82) is 0 Å². The molecule has 1 unspecified atom stereocenters. The zero-order valence-corrected chi connectivity index (χ0v) is 11.7. The van der Waals surface area contributed by atoms with Crippen LogP contribution in [0, 0.1) is 13.8 Å². The van der Waals surface area contributed by atoms with E-state index in [1.54, 1.807) is 20.8 Å². The molecule has 0 aromatic heterocycles. The Bertz CT molecular complexity index is 449. The van der Waals surface area contributed by atoms with E-state index >= 15 is 0 Å². The van der Waals surface area contributed by atoms with Gasteiger partial charge in [0.05, 0.1) is 0 Å². The summed E-state index contributed by atoms with van der Waals surface area (Å²) in [5.41, 5.74) is 1.19. The minimum atomic E-state index is -4.14. The first-order valence-corrected chi connectivity index (χ1v) is 6.25. The maximum absolute atomic E-state index is 13.7. The van der Waals surface area contributed by atoms with Crippen molar-refractivity contribution in [1.82, 2.24) is 5.32 Å². The fourth-order valence-electron chi connectivity index (χ4n) is 1.90. The summed E-state index contributed by atoms with van der Waals surface area (Å²) in [7, 11) is 0. The number of halogens is 5. The minimum Gasteiger partial charge on any atom is -0.305 e. The van der Waals surface area contributed by atoms with Crippen LogP contribution >= 0.6 is 11.6 Å². The summed E-state index contributed by atoms with van der Waals surface area (Å²) < 4.78 is 52.4. The molecule has 1 nitrogen and oxygen atoms in total. The molecule has 0 fully saturated rings. The maximum atomic E-state index is 13.7. The third-order valence-corrected chi connectivity index (χ3v) is 3.35. The predicted octanol–water partition coefficient (Wildman–Crippen LogP) is 4.51. The lowest BCUT2D eigenvalue weighted by Crippen LogP contribution is -2.42. The largest absolute Gasteiger partial charge is 0.326 e. The molecule has 0 bridgehead atoms. The highest BCUT2D eigenvalue weighted by Gasteiger charge is 2.49. The van der Waals surface area contributed by atoms with Gasteiger partial charge in [-0.1, -0.05) is 24.6 Å². The van der Waals surface area contributed by atoms with Crippen LogP contribution in [-0.2, 0) is 0 Å².